The Kier molecular flexibility index (Phi) is 4.59. The summed E-state index contributed by atoms with van der Waals surface area (Å²) in [6, 6.07) is 3.66. The summed E-state index contributed by atoms with van der Waals surface area (Å²) in [5.74, 6) is -0.457. The van der Waals surface area contributed by atoms with Crippen molar-refractivity contribution in [1.82, 2.24) is 4.31 Å². The molecule has 1 aromatic rings. The highest BCUT2D eigenvalue weighted by atomic mass is 79.9. The highest BCUT2D eigenvalue weighted by Gasteiger charge is 2.33. The maximum Gasteiger partial charge on any atom is 0.244 e. The van der Waals surface area contributed by atoms with Gasteiger partial charge in [0.1, 0.15) is 5.82 Å². The first-order chi connectivity index (χ1) is 8.80. The minimum absolute atomic E-state index is 0.125. The number of hydrogen-bond acceptors (Lipinski definition) is 3. The molecule has 106 valence electrons. The van der Waals surface area contributed by atoms with Gasteiger partial charge in [-0.2, -0.15) is 16.1 Å². The van der Waals surface area contributed by atoms with Crippen LogP contribution in [0.15, 0.2) is 27.6 Å². The van der Waals surface area contributed by atoms with Gasteiger partial charge < -0.3 is 0 Å². The van der Waals surface area contributed by atoms with E-state index >= 15 is 0 Å². The molecule has 0 amide bonds. The summed E-state index contributed by atoms with van der Waals surface area (Å²) in [4.78, 5) is 0.125. The van der Waals surface area contributed by atoms with Crippen LogP contribution in [0.2, 0.25) is 0 Å². The van der Waals surface area contributed by atoms with Crippen LogP contribution in [0.25, 0.3) is 0 Å². The number of rotatable bonds is 2. The smallest absolute Gasteiger partial charge is 0.207 e. The molecule has 1 aromatic carbocycles. The monoisotopic (exact) mass is 367 g/mol. The molecule has 1 aliphatic heterocycles. The minimum Gasteiger partial charge on any atom is -0.207 e. The van der Waals surface area contributed by atoms with Crippen LogP contribution >= 0.6 is 27.7 Å². The topological polar surface area (TPSA) is 37.4 Å². The maximum atomic E-state index is 13.1. The third-order valence-corrected chi connectivity index (χ3v) is 6.93. The van der Waals surface area contributed by atoms with Crippen molar-refractivity contribution >= 4 is 37.7 Å². The summed E-state index contributed by atoms with van der Waals surface area (Å²) in [5.41, 5.74) is 0. The predicted molar refractivity (Wildman–Crippen MR) is 79.4 cm³/mol. The van der Waals surface area contributed by atoms with E-state index in [2.05, 4.69) is 15.9 Å². The Labute approximate surface area is 125 Å². The molecule has 1 saturated heterocycles. The Hall–Kier alpha value is -0.110. The van der Waals surface area contributed by atoms with Crippen molar-refractivity contribution in [2.24, 2.45) is 0 Å². The van der Waals surface area contributed by atoms with E-state index in [0.717, 1.165) is 0 Å². The van der Waals surface area contributed by atoms with E-state index in [0.29, 0.717) is 13.1 Å². The maximum absolute atomic E-state index is 13.1. The average Bonchev–Trinajstić information content (AvgIpc) is 2.26. The molecule has 0 spiro atoms. The van der Waals surface area contributed by atoms with Crippen LogP contribution < -0.4 is 0 Å². The molecular weight excluding hydrogens is 353 g/mol. The summed E-state index contributed by atoms with van der Waals surface area (Å²) in [6.07, 6.45) is 0. The molecule has 0 N–H and O–H groups in total. The second kappa shape index (κ2) is 5.71. The molecule has 2 atom stereocenters. The van der Waals surface area contributed by atoms with Gasteiger partial charge in [-0.3, -0.25) is 0 Å². The fourth-order valence-electron chi connectivity index (χ4n) is 2.15. The lowest BCUT2D eigenvalue weighted by atomic mass is 10.3. The van der Waals surface area contributed by atoms with Gasteiger partial charge in [0.25, 0.3) is 0 Å². The predicted octanol–water partition coefficient (Wildman–Crippen LogP) is 3.10. The molecule has 1 heterocycles. The van der Waals surface area contributed by atoms with Crippen molar-refractivity contribution in [2.75, 3.05) is 13.1 Å². The zero-order valence-corrected chi connectivity index (χ0v) is 13.9. The lowest BCUT2D eigenvalue weighted by molar-refractivity contribution is 0.404. The summed E-state index contributed by atoms with van der Waals surface area (Å²) >= 11 is 4.91. The van der Waals surface area contributed by atoms with E-state index in [1.54, 1.807) is 11.8 Å². The first-order valence-electron chi connectivity index (χ1n) is 5.91. The van der Waals surface area contributed by atoms with Crippen molar-refractivity contribution in [3.05, 3.63) is 28.5 Å². The Morgan fingerprint density at radius 2 is 1.89 bits per heavy atom. The quantitative estimate of drug-likeness (QED) is 0.805. The summed E-state index contributed by atoms with van der Waals surface area (Å²) in [5, 5.41) is 0.524. The lowest BCUT2D eigenvalue weighted by Gasteiger charge is -2.33. The number of thioether (sulfide) groups is 1. The minimum atomic E-state index is -3.57. The molecular formula is C12H15BrFNO2S2. The van der Waals surface area contributed by atoms with Crippen LogP contribution in [0.5, 0.6) is 0 Å². The van der Waals surface area contributed by atoms with Crippen molar-refractivity contribution in [3.8, 4) is 0 Å². The molecule has 0 aromatic heterocycles. The Morgan fingerprint density at radius 3 is 2.42 bits per heavy atom. The summed E-state index contributed by atoms with van der Waals surface area (Å²) < 4.78 is 40.0. The average molecular weight is 368 g/mol. The number of nitrogens with zero attached hydrogens (tertiary/aromatic N) is 1. The van der Waals surface area contributed by atoms with Gasteiger partial charge in [0.15, 0.2) is 0 Å². The zero-order valence-electron chi connectivity index (χ0n) is 10.6. The fourth-order valence-corrected chi connectivity index (χ4v) is 6.29. The van der Waals surface area contributed by atoms with E-state index in [1.165, 1.54) is 22.5 Å². The molecule has 0 aliphatic carbocycles. The van der Waals surface area contributed by atoms with E-state index < -0.39 is 15.8 Å². The second-order valence-corrected chi connectivity index (χ2v) is 9.30. The summed E-state index contributed by atoms with van der Waals surface area (Å²) in [7, 11) is -3.57. The zero-order chi connectivity index (χ0) is 14.2. The van der Waals surface area contributed by atoms with Crippen molar-refractivity contribution in [2.45, 2.75) is 29.2 Å². The van der Waals surface area contributed by atoms with Gasteiger partial charge >= 0.3 is 0 Å². The standard InChI is InChI=1S/C12H15BrFNO2S2/c1-8-6-15(7-9(2)18-8)19(16,17)12-4-3-10(14)5-11(12)13/h3-5,8-9H,6-7H2,1-2H3. The van der Waals surface area contributed by atoms with E-state index in [-0.39, 0.29) is 19.9 Å². The van der Waals surface area contributed by atoms with Gasteiger partial charge in [-0.05, 0) is 34.1 Å². The van der Waals surface area contributed by atoms with Gasteiger partial charge in [0.2, 0.25) is 10.0 Å². The van der Waals surface area contributed by atoms with Gasteiger partial charge in [-0.15, -0.1) is 0 Å². The van der Waals surface area contributed by atoms with E-state index in [9.17, 15) is 12.8 Å². The number of halogens is 2. The second-order valence-electron chi connectivity index (χ2n) is 4.65. The number of sulfonamides is 1. The molecule has 0 saturated carbocycles. The third-order valence-electron chi connectivity index (χ3n) is 2.90. The SMILES string of the molecule is CC1CN(S(=O)(=O)c2ccc(F)cc2Br)CC(C)S1. The van der Waals surface area contributed by atoms with E-state index in [4.69, 9.17) is 0 Å². The Morgan fingerprint density at radius 1 is 1.32 bits per heavy atom. The highest BCUT2D eigenvalue weighted by Crippen LogP contribution is 2.31. The van der Waals surface area contributed by atoms with Gasteiger partial charge in [0, 0.05) is 28.1 Å². The number of hydrogen-bond donors (Lipinski definition) is 0. The van der Waals surface area contributed by atoms with Gasteiger partial charge in [0.05, 0.1) is 4.90 Å². The molecule has 2 unspecified atom stereocenters. The van der Waals surface area contributed by atoms with Crippen LogP contribution in [-0.2, 0) is 10.0 Å². The molecule has 2 rings (SSSR count). The van der Waals surface area contributed by atoms with Crippen molar-refractivity contribution in [3.63, 3.8) is 0 Å². The van der Waals surface area contributed by atoms with Crippen LogP contribution in [0.4, 0.5) is 4.39 Å². The third kappa shape index (κ3) is 3.32. The van der Waals surface area contributed by atoms with Crippen LogP contribution in [0, 0.1) is 5.82 Å². The Balaban J connectivity index is 2.36. The molecule has 19 heavy (non-hydrogen) atoms. The fraction of sp³-hybridized carbons (Fsp3) is 0.500. The van der Waals surface area contributed by atoms with E-state index in [1.807, 2.05) is 13.8 Å². The van der Waals surface area contributed by atoms with Gasteiger partial charge in [-0.1, -0.05) is 13.8 Å². The Bertz CT molecular complexity index is 569. The first kappa shape index (κ1) is 15.3. The summed E-state index contributed by atoms with van der Waals surface area (Å²) in [6.45, 7) is 5.01. The lowest BCUT2D eigenvalue weighted by Crippen LogP contribution is -2.44. The molecule has 7 heteroatoms. The normalized spacial score (nSPS) is 25.5. The van der Waals surface area contributed by atoms with Crippen molar-refractivity contribution < 1.29 is 12.8 Å². The first-order valence-corrected chi connectivity index (χ1v) is 9.09. The number of benzene rings is 1. The molecule has 1 fully saturated rings. The highest BCUT2D eigenvalue weighted by molar-refractivity contribution is 9.10. The molecule has 3 nitrogen and oxygen atoms in total. The molecule has 0 bridgehead atoms. The molecule has 1 aliphatic rings. The van der Waals surface area contributed by atoms with Crippen molar-refractivity contribution in [1.29, 1.82) is 0 Å². The van der Waals surface area contributed by atoms with Crippen LogP contribution in [-0.4, -0.2) is 36.3 Å². The largest absolute Gasteiger partial charge is 0.244 e. The van der Waals surface area contributed by atoms with Crippen LogP contribution in [0.1, 0.15) is 13.8 Å². The van der Waals surface area contributed by atoms with Gasteiger partial charge in [-0.25, -0.2) is 12.8 Å². The van der Waals surface area contributed by atoms with Crippen LogP contribution in [0.3, 0.4) is 0 Å². The molecule has 0 radical (unpaired) electrons.